The minimum Gasteiger partial charge on any atom is -0.317 e. The van der Waals surface area contributed by atoms with Crippen molar-refractivity contribution >= 4 is 11.6 Å². The predicted octanol–water partition coefficient (Wildman–Crippen LogP) is 2.36. The third-order valence-corrected chi connectivity index (χ3v) is 3.41. The van der Waals surface area contributed by atoms with Crippen LogP contribution in [0.25, 0.3) is 0 Å². The van der Waals surface area contributed by atoms with Crippen LogP contribution in [0.15, 0.2) is 24.3 Å². The molecule has 1 heterocycles. The van der Waals surface area contributed by atoms with E-state index in [2.05, 4.69) is 30.4 Å². The van der Waals surface area contributed by atoms with Gasteiger partial charge < -0.3 is 10.2 Å². The van der Waals surface area contributed by atoms with Gasteiger partial charge in [0.15, 0.2) is 0 Å². The number of anilines is 1. The van der Waals surface area contributed by atoms with Gasteiger partial charge in [0.1, 0.15) is 0 Å². The molecule has 0 spiro atoms. The lowest BCUT2D eigenvalue weighted by molar-refractivity contribution is -0.118. The zero-order valence-corrected chi connectivity index (χ0v) is 11.1. The molecular formula is C15H22N2O. The zero-order chi connectivity index (χ0) is 12.8. The number of benzene rings is 1. The Kier molecular flexibility index (Phi) is 4.76. The van der Waals surface area contributed by atoms with E-state index in [9.17, 15) is 4.79 Å². The third-order valence-electron chi connectivity index (χ3n) is 3.41. The summed E-state index contributed by atoms with van der Waals surface area (Å²) in [6.07, 6.45) is 3.68. The lowest BCUT2D eigenvalue weighted by Crippen LogP contribution is -2.32. The van der Waals surface area contributed by atoms with Gasteiger partial charge in [0.25, 0.3) is 0 Å². The highest BCUT2D eigenvalue weighted by molar-refractivity contribution is 5.94. The Hall–Kier alpha value is -1.35. The van der Waals surface area contributed by atoms with Crippen LogP contribution in [0, 0.1) is 0 Å². The van der Waals surface area contributed by atoms with Gasteiger partial charge in [0, 0.05) is 18.7 Å². The number of rotatable bonds is 5. The van der Waals surface area contributed by atoms with E-state index in [1.54, 1.807) is 0 Å². The Balaban J connectivity index is 2.08. The summed E-state index contributed by atoms with van der Waals surface area (Å²) >= 11 is 0. The molecule has 0 saturated carbocycles. The van der Waals surface area contributed by atoms with Crippen molar-refractivity contribution < 1.29 is 4.79 Å². The highest BCUT2D eigenvalue weighted by atomic mass is 16.2. The number of nitrogens with zero attached hydrogens (tertiary/aromatic N) is 1. The molecule has 1 aromatic carbocycles. The van der Waals surface area contributed by atoms with E-state index < -0.39 is 0 Å². The molecule has 0 fully saturated rings. The number of fused-ring (bicyclic) bond motifs is 1. The van der Waals surface area contributed by atoms with Crippen molar-refractivity contribution in [2.24, 2.45) is 0 Å². The minimum absolute atomic E-state index is 0.274. The molecule has 0 saturated heterocycles. The van der Waals surface area contributed by atoms with Gasteiger partial charge >= 0.3 is 0 Å². The Morgan fingerprint density at radius 1 is 1.28 bits per heavy atom. The Morgan fingerprint density at radius 3 is 2.94 bits per heavy atom. The number of hydrogen-bond acceptors (Lipinski definition) is 2. The molecule has 3 heteroatoms. The van der Waals surface area contributed by atoms with E-state index >= 15 is 0 Å². The van der Waals surface area contributed by atoms with Gasteiger partial charge in [0.05, 0.1) is 0 Å². The number of aryl methyl sites for hydroxylation is 1. The molecule has 0 aliphatic carbocycles. The van der Waals surface area contributed by atoms with Gasteiger partial charge in [-0.15, -0.1) is 0 Å². The van der Waals surface area contributed by atoms with Crippen molar-refractivity contribution in [2.45, 2.75) is 32.6 Å². The summed E-state index contributed by atoms with van der Waals surface area (Å²) in [5, 5.41) is 3.30. The fraction of sp³-hybridized carbons (Fsp3) is 0.533. The highest BCUT2D eigenvalue weighted by Gasteiger charge is 2.20. The largest absolute Gasteiger partial charge is 0.317 e. The predicted molar refractivity (Wildman–Crippen MR) is 74.9 cm³/mol. The van der Waals surface area contributed by atoms with E-state index in [1.807, 2.05) is 11.0 Å². The molecule has 2 rings (SSSR count). The number of carbonyl (C=O) groups is 1. The van der Waals surface area contributed by atoms with Gasteiger partial charge in [-0.1, -0.05) is 25.1 Å². The maximum atomic E-state index is 12.1. The summed E-state index contributed by atoms with van der Waals surface area (Å²) in [7, 11) is 0. The molecule has 98 valence electrons. The quantitative estimate of drug-likeness (QED) is 0.809. The summed E-state index contributed by atoms with van der Waals surface area (Å²) in [6, 6.07) is 8.30. The minimum atomic E-state index is 0.274. The molecule has 0 atom stereocenters. The van der Waals surface area contributed by atoms with Crippen LogP contribution >= 0.6 is 0 Å². The van der Waals surface area contributed by atoms with Crippen LogP contribution in [0.4, 0.5) is 5.69 Å². The first-order valence-electron chi connectivity index (χ1n) is 6.92. The summed E-state index contributed by atoms with van der Waals surface area (Å²) in [5.74, 6) is 0.274. The highest BCUT2D eigenvalue weighted by Crippen LogP contribution is 2.26. The number of hydrogen-bond donors (Lipinski definition) is 1. The molecule has 1 aliphatic heterocycles. The average Bonchev–Trinajstić information content (AvgIpc) is 2.54. The van der Waals surface area contributed by atoms with Crippen LogP contribution in [0.1, 0.15) is 31.7 Å². The average molecular weight is 246 g/mol. The number of nitrogens with one attached hydrogen (secondary N) is 1. The maximum Gasteiger partial charge on any atom is 0.226 e. The normalized spacial score (nSPS) is 15.4. The van der Waals surface area contributed by atoms with Crippen molar-refractivity contribution in [3.05, 3.63) is 29.8 Å². The van der Waals surface area contributed by atoms with Gasteiger partial charge in [0.2, 0.25) is 5.91 Å². The van der Waals surface area contributed by atoms with Crippen molar-refractivity contribution in [1.29, 1.82) is 0 Å². The number of amides is 1. The lowest BCUT2D eigenvalue weighted by Gasteiger charge is -2.23. The van der Waals surface area contributed by atoms with Crippen molar-refractivity contribution in [2.75, 3.05) is 24.5 Å². The zero-order valence-electron chi connectivity index (χ0n) is 11.1. The molecule has 18 heavy (non-hydrogen) atoms. The van der Waals surface area contributed by atoms with E-state index in [-0.39, 0.29) is 5.91 Å². The van der Waals surface area contributed by atoms with Gasteiger partial charge in [-0.2, -0.15) is 0 Å². The smallest absolute Gasteiger partial charge is 0.226 e. The van der Waals surface area contributed by atoms with Gasteiger partial charge in [-0.05, 0) is 44.0 Å². The van der Waals surface area contributed by atoms with Gasteiger partial charge in [-0.3, -0.25) is 4.79 Å². The Labute approximate surface area is 109 Å². The molecule has 1 aliphatic rings. The first kappa shape index (κ1) is 13.1. The first-order chi connectivity index (χ1) is 8.83. The molecule has 0 unspecified atom stereocenters. The topological polar surface area (TPSA) is 32.3 Å². The monoisotopic (exact) mass is 246 g/mol. The van der Waals surface area contributed by atoms with E-state index in [0.717, 1.165) is 44.6 Å². The lowest BCUT2D eigenvalue weighted by atomic mass is 10.1. The summed E-state index contributed by atoms with van der Waals surface area (Å²) in [5.41, 5.74) is 2.43. The molecule has 0 bridgehead atoms. The second kappa shape index (κ2) is 6.55. The maximum absolute atomic E-state index is 12.1. The van der Waals surface area contributed by atoms with Crippen LogP contribution in [-0.4, -0.2) is 25.5 Å². The van der Waals surface area contributed by atoms with E-state index in [1.165, 1.54) is 5.56 Å². The summed E-state index contributed by atoms with van der Waals surface area (Å²) in [4.78, 5) is 14.1. The molecule has 1 amide bonds. The Morgan fingerprint density at radius 2 is 2.11 bits per heavy atom. The standard InChI is InChI=1S/C15H22N2O/c1-2-16-11-6-12-17-14-9-4-3-7-13(14)8-5-10-15(17)18/h3-4,7,9,16H,2,5-6,8,10-12H2,1H3. The fourth-order valence-electron chi connectivity index (χ4n) is 2.47. The van der Waals surface area contributed by atoms with Crippen LogP contribution in [0.2, 0.25) is 0 Å². The summed E-state index contributed by atoms with van der Waals surface area (Å²) in [6.45, 7) is 4.89. The second-order valence-electron chi connectivity index (χ2n) is 4.73. The van der Waals surface area contributed by atoms with E-state index in [0.29, 0.717) is 6.42 Å². The SMILES string of the molecule is CCNCCCN1C(=O)CCCc2ccccc21. The molecule has 0 aromatic heterocycles. The fourth-order valence-corrected chi connectivity index (χ4v) is 2.47. The molecule has 1 N–H and O–H groups in total. The van der Waals surface area contributed by atoms with Crippen LogP contribution in [-0.2, 0) is 11.2 Å². The molecular weight excluding hydrogens is 224 g/mol. The number of carbonyl (C=O) groups excluding carboxylic acids is 1. The molecule has 0 radical (unpaired) electrons. The molecule has 1 aromatic rings. The van der Waals surface area contributed by atoms with Crippen LogP contribution in [0.5, 0.6) is 0 Å². The number of para-hydroxylation sites is 1. The van der Waals surface area contributed by atoms with E-state index in [4.69, 9.17) is 0 Å². The molecule has 3 nitrogen and oxygen atoms in total. The van der Waals surface area contributed by atoms with Crippen LogP contribution < -0.4 is 10.2 Å². The van der Waals surface area contributed by atoms with Crippen LogP contribution in [0.3, 0.4) is 0 Å². The first-order valence-corrected chi connectivity index (χ1v) is 6.92. The van der Waals surface area contributed by atoms with Crippen molar-refractivity contribution in [3.63, 3.8) is 0 Å². The Bertz CT molecular complexity index is 403. The second-order valence-corrected chi connectivity index (χ2v) is 4.73. The van der Waals surface area contributed by atoms with Crippen molar-refractivity contribution in [3.8, 4) is 0 Å². The summed E-state index contributed by atoms with van der Waals surface area (Å²) < 4.78 is 0. The van der Waals surface area contributed by atoms with Crippen molar-refractivity contribution in [1.82, 2.24) is 5.32 Å². The third kappa shape index (κ3) is 3.10. The van der Waals surface area contributed by atoms with Gasteiger partial charge in [-0.25, -0.2) is 0 Å².